The molecule has 0 unspecified atom stereocenters. The summed E-state index contributed by atoms with van der Waals surface area (Å²) in [6.45, 7) is 2.11. The van der Waals surface area contributed by atoms with Crippen LogP contribution in [0.3, 0.4) is 0 Å². The molecule has 0 saturated carbocycles. The van der Waals surface area contributed by atoms with Crippen molar-refractivity contribution in [2.75, 3.05) is 18.4 Å². The molecule has 8 heteroatoms. The maximum atomic E-state index is 11.9. The predicted octanol–water partition coefficient (Wildman–Crippen LogP) is 0.203. The predicted molar refractivity (Wildman–Crippen MR) is 77.0 cm³/mol. The molecule has 21 heavy (non-hydrogen) atoms. The minimum atomic E-state index is -3.84. The Kier molecular flexibility index (Phi) is 4.29. The standard InChI is InChI=1S/C13H17N3O4S/c1-9-10(4-2-5-11(9)21(14,19)20)15-12(17)8-16-7-3-6-13(16)18/h2,4-5H,3,6-8H2,1H3,(H,15,17)(H2,14,19,20). The van der Waals surface area contributed by atoms with Gasteiger partial charge in [-0.2, -0.15) is 0 Å². The Morgan fingerprint density at radius 3 is 2.71 bits per heavy atom. The second-order valence-corrected chi connectivity index (χ2v) is 6.47. The van der Waals surface area contributed by atoms with E-state index in [9.17, 15) is 18.0 Å². The van der Waals surface area contributed by atoms with Gasteiger partial charge in [0.15, 0.2) is 0 Å². The summed E-state index contributed by atoms with van der Waals surface area (Å²) in [5.41, 5.74) is 0.749. The van der Waals surface area contributed by atoms with Gasteiger partial charge in [-0.15, -0.1) is 0 Å². The summed E-state index contributed by atoms with van der Waals surface area (Å²) in [6.07, 6.45) is 1.22. The average molecular weight is 311 g/mol. The molecular weight excluding hydrogens is 294 g/mol. The summed E-state index contributed by atoms with van der Waals surface area (Å²) in [4.78, 5) is 24.9. The molecule has 1 fully saturated rings. The van der Waals surface area contributed by atoms with Crippen LogP contribution in [0, 0.1) is 6.92 Å². The molecule has 2 rings (SSSR count). The fourth-order valence-corrected chi connectivity index (χ4v) is 3.10. The van der Waals surface area contributed by atoms with Crippen LogP contribution in [0.1, 0.15) is 18.4 Å². The van der Waals surface area contributed by atoms with Gasteiger partial charge in [0.25, 0.3) is 0 Å². The van der Waals surface area contributed by atoms with Crippen molar-refractivity contribution in [2.24, 2.45) is 5.14 Å². The number of nitrogens with two attached hydrogens (primary N) is 1. The smallest absolute Gasteiger partial charge is 0.244 e. The molecule has 0 aromatic heterocycles. The molecule has 2 amide bonds. The summed E-state index contributed by atoms with van der Waals surface area (Å²) in [7, 11) is -3.84. The van der Waals surface area contributed by atoms with Gasteiger partial charge in [0.1, 0.15) is 0 Å². The molecule has 0 bridgehead atoms. The van der Waals surface area contributed by atoms with Gasteiger partial charge in [-0.3, -0.25) is 9.59 Å². The monoisotopic (exact) mass is 311 g/mol. The highest BCUT2D eigenvalue weighted by molar-refractivity contribution is 7.89. The van der Waals surface area contributed by atoms with Crippen LogP contribution in [0.2, 0.25) is 0 Å². The number of hydrogen-bond acceptors (Lipinski definition) is 4. The zero-order valence-electron chi connectivity index (χ0n) is 11.6. The van der Waals surface area contributed by atoms with Crippen molar-refractivity contribution in [1.29, 1.82) is 0 Å². The molecule has 0 atom stereocenters. The van der Waals surface area contributed by atoms with Crippen LogP contribution in [0.4, 0.5) is 5.69 Å². The van der Waals surface area contributed by atoms with E-state index in [1.54, 1.807) is 13.0 Å². The number of rotatable bonds is 4. The van der Waals surface area contributed by atoms with E-state index in [1.165, 1.54) is 17.0 Å². The summed E-state index contributed by atoms with van der Waals surface area (Å²) >= 11 is 0. The van der Waals surface area contributed by atoms with Crippen molar-refractivity contribution < 1.29 is 18.0 Å². The number of primary sulfonamides is 1. The fraction of sp³-hybridized carbons (Fsp3) is 0.385. The van der Waals surface area contributed by atoms with Crippen LogP contribution < -0.4 is 10.5 Å². The Labute approximate surface area is 123 Å². The van der Waals surface area contributed by atoms with Gasteiger partial charge in [-0.1, -0.05) is 6.07 Å². The highest BCUT2D eigenvalue weighted by atomic mass is 32.2. The van der Waals surface area contributed by atoms with E-state index in [0.29, 0.717) is 24.2 Å². The van der Waals surface area contributed by atoms with E-state index < -0.39 is 10.0 Å². The zero-order valence-corrected chi connectivity index (χ0v) is 12.4. The molecule has 0 radical (unpaired) electrons. The van der Waals surface area contributed by atoms with E-state index in [0.717, 1.165) is 6.42 Å². The first kappa shape index (κ1) is 15.5. The third kappa shape index (κ3) is 3.59. The van der Waals surface area contributed by atoms with Crippen LogP contribution in [0.25, 0.3) is 0 Å². The highest BCUT2D eigenvalue weighted by Gasteiger charge is 2.23. The third-order valence-electron chi connectivity index (χ3n) is 3.37. The van der Waals surface area contributed by atoms with Gasteiger partial charge >= 0.3 is 0 Å². The molecule has 0 aliphatic carbocycles. The summed E-state index contributed by atoms with van der Waals surface area (Å²) < 4.78 is 22.9. The van der Waals surface area contributed by atoms with Gasteiger partial charge in [-0.05, 0) is 31.0 Å². The van der Waals surface area contributed by atoms with E-state index >= 15 is 0 Å². The highest BCUT2D eigenvalue weighted by Crippen LogP contribution is 2.22. The number of anilines is 1. The molecule has 0 spiro atoms. The minimum absolute atomic E-state index is 0.0299. The van der Waals surface area contributed by atoms with E-state index in [2.05, 4.69) is 5.32 Å². The summed E-state index contributed by atoms with van der Waals surface area (Å²) in [5.74, 6) is -0.403. The van der Waals surface area contributed by atoms with Gasteiger partial charge in [0.2, 0.25) is 21.8 Å². The Morgan fingerprint density at radius 1 is 1.43 bits per heavy atom. The van der Waals surface area contributed by atoms with Crippen molar-refractivity contribution in [2.45, 2.75) is 24.7 Å². The Balaban J connectivity index is 2.13. The van der Waals surface area contributed by atoms with Gasteiger partial charge < -0.3 is 10.2 Å². The lowest BCUT2D eigenvalue weighted by Crippen LogP contribution is -2.34. The number of carbonyl (C=O) groups excluding carboxylic acids is 2. The number of nitrogens with zero attached hydrogens (tertiary/aromatic N) is 1. The first-order chi connectivity index (χ1) is 9.79. The molecular formula is C13H17N3O4S. The zero-order chi connectivity index (χ0) is 15.6. The first-order valence-electron chi connectivity index (χ1n) is 6.49. The molecule has 1 heterocycles. The van der Waals surface area contributed by atoms with E-state index in [-0.39, 0.29) is 23.3 Å². The number of benzene rings is 1. The summed E-state index contributed by atoms with van der Waals surface area (Å²) in [5, 5.41) is 7.73. The van der Waals surface area contributed by atoms with E-state index in [1.807, 2.05) is 0 Å². The SMILES string of the molecule is Cc1c(NC(=O)CN2CCCC2=O)cccc1S(N)(=O)=O. The van der Waals surface area contributed by atoms with Crippen molar-refractivity contribution >= 4 is 27.5 Å². The second-order valence-electron chi connectivity index (χ2n) is 4.94. The summed E-state index contributed by atoms with van der Waals surface area (Å²) in [6, 6.07) is 4.47. The van der Waals surface area contributed by atoms with Crippen LogP contribution in [-0.2, 0) is 19.6 Å². The minimum Gasteiger partial charge on any atom is -0.333 e. The number of amides is 2. The van der Waals surface area contributed by atoms with Crippen molar-refractivity contribution in [3.8, 4) is 0 Å². The number of nitrogens with one attached hydrogen (secondary N) is 1. The lowest BCUT2D eigenvalue weighted by atomic mass is 10.2. The molecule has 3 N–H and O–H groups in total. The molecule has 7 nitrogen and oxygen atoms in total. The second kappa shape index (κ2) is 5.82. The Morgan fingerprint density at radius 2 is 2.14 bits per heavy atom. The van der Waals surface area contributed by atoms with Crippen LogP contribution in [-0.4, -0.2) is 38.2 Å². The maximum Gasteiger partial charge on any atom is 0.244 e. The van der Waals surface area contributed by atoms with Gasteiger partial charge in [0.05, 0.1) is 11.4 Å². The van der Waals surface area contributed by atoms with Crippen LogP contribution in [0.5, 0.6) is 0 Å². The van der Waals surface area contributed by atoms with Gasteiger partial charge in [0, 0.05) is 18.7 Å². The van der Waals surface area contributed by atoms with Crippen molar-refractivity contribution in [3.63, 3.8) is 0 Å². The largest absolute Gasteiger partial charge is 0.333 e. The normalized spacial score (nSPS) is 15.3. The molecule has 1 saturated heterocycles. The number of hydrogen-bond donors (Lipinski definition) is 2. The number of likely N-dealkylation sites (tertiary alicyclic amines) is 1. The average Bonchev–Trinajstić information content (AvgIpc) is 2.76. The molecule has 114 valence electrons. The van der Waals surface area contributed by atoms with Gasteiger partial charge in [-0.25, -0.2) is 13.6 Å². The van der Waals surface area contributed by atoms with Crippen molar-refractivity contribution in [3.05, 3.63) is 23.8 Å². The lowest BCUT2D eigenvalue weighted by molar-refractivity contribution is -0.131. The maximum absolute atomic E-state index is 11.9. The van der Waals surface area contributed by atoms with E-state index in [4.69, 9.17) is 5.14 Å². The first-order valence-corrected chi connectivity index (χ1v) is 8.03. The van der Waals surface area contributed by atoms with Crippen LogP contribution in [0.15, 0.2) is 23.1 Å². The quantitative estimate of drug-likeness (QED) is 0.828. The van der Waals surface area contributed by atoms with Crippen LogP contribution >= 0.6 is 0 Å². The molecule has 1 aromatic rings. The fourth-order valence-electron chi connectivity index (χ4n) is 2.29. The Hall–Kier alpha value is -1.93. The Bertz CT molecular complexity index is 685. The third-order valence-corrected chi connectivity index (χ3v) is 4.43. The molecule has 1 aliphatic rings. The molecule has 1 aromatic carbocycles. The lowest BCUT2D eigenvalue weighted by Gasteiger charge is -2.16. The molecule has 1 aliphatic heterocycles. The van der Waals surface area contributed by atoms with Crippen molar-refractivity contribution in [1.82, 2.24) is 4.90 Å². The topological polar surface area (TPSA) is 110 Å². The number of sulfonamides is 1. The number of carbonyl (C=O) groups is 2.